The molecule has 1 rings (SSSR count). The SMILES string of the molecule is COCCCNc1nc(C)cn1CCS(C)(=O)=O. The van der Waals surface area contributed by atoms with Gasteiger partial charge in [-0.1, -0.05) is 0 Å². The molecule has 0 saturated heterocycles. The van der Waals surface area contributed by atoms with Crippen molar-refractivity contribution in [3.63, 3.8) is 0 Å². The summed E-state index contributed by atoms with van der Waals surface area (Å²) in [5.74, 6) is 0.836. The number of ether oxygens (including phenoxy) is 1. The topological polar surface area (TPSA) is 73.2 Å². The largest absolute Gasteiger partial charge is 0.385 e. The lowest BCUT2D eigenvalue weighted by molar-refractivity contribution is 0.197. The number of imidazole rings is 1. The Kier molecular flexibility index (Phi) is 5.61. The summed E-state index contributed by atoms with van der Waals surface area (Å²) in [6, 6.07) is 0. The van der Waals surface area contributed by atoms with Crippen molar-refractivity contribution < 1.29 is 13.2 Å². The molecule has 0 spiro atoms. The summed E-state index contributed by atoms with van der Waals surface area (Å²) in [4.78, 5) is 4.33. The molecule has 0 fully saturated rings. The molecule has 18 heavy (non-hydrogen) atoms. The monoisotopic (exact) mass is 275 g/mol. The molecule has 0 radical (unpaired) electrons. The second-order valence-corrected chi connectivity index (χ2v) is 6.56. The van der Waals surface area contributed by atoms with Gasteiger partial charge >= 0.3 is 0 Å². The van der Waals surface area contributed by atoms with Crippen molar-refractivity contribution in [1.29, 1.82) is 0 Å². The predicted octanol–water partition coefficient (Wildman–Crippen LogP) is 0.685. The van der Waals surface area contributed by atoms with Crippen molar-refractivity contribution in [2.45, 2.75) is 19.9 Å². The van der Waals surface area contributed by atoms with Crippen LogP contribution >= 0.6 is 0 Å². The van der Waals surface area contributed by atoms with Gasteiger partial charge in [-0.15, -0.1) is 0 Å². The Morgan fingerprint density at radius 3 is 2.83 bits per heavy atom. The van der Waals surface area contributed by atoms with E-state index in [9.17, 15) is 8.42 Å². The van der Waals surface area contributed by atoms with E-state index in [1.54, 1.807) is 7.11 Å². The van der Waals surface area contributed by atoms with Gasteiger partial charge in [0.2, 0.25) is 5.95 Å². The number of aromatic nitrogens is 2. The van der Waals surface area contributed by atoms with E-state index in [-0.39, 0.29) is 5.75 Å². The zero-order chi connectivity index (χ0) is 13.6. The molecule has 0 aliphatic rings. The van der Waals surface area contributed by atoms with Gasteiger partial charge in [-0.05, 0) is 13.3 Å². The number of hydrogen-bond acceptors (Lipinski definition) is 5. The van der Waals surface area contributed by atoms with E-state index in [0.717, 1.165) is 18.7 Å². The van der Waals surface area contributed by atoms with Crippen molar-refractivity contribution in [1.82, 2.24) is 9.55 Å². The molecule has 1 aromatic rings. The Bertz CT molecular complexity index is 468. The molecule has 6 nitrogen and oxygen atoms in total. The summed E-state index contributed by atoms with van der Waals surface area (Å²) < 4.78 is 29.1. The minimum atomic E-state index is -2.96. The first-order valence-electron chi connectivity index (χ1n) is 5.86. The van der Waals surface area contributed by atoms with Gasteiger partial charge in [0.05, 0.1) is 11.4 Å². The van der Waals surface area contributed by atoms with Gasteiger partial charge in [0.25, 0.3) is 0 Å². The average molecular weight is 275 g/mol. The van der Waals surface area contributed by atoms with Gasteiger partial charge in [0.15, 0.2) is 0 Å². The molecule has 0 amide bonds. The summed E-state index contributed by atoms with van der Waals surface area (Å²) in [6.07, 6.45) is 3.97. The zero-order valence-electron chi connectivity index (χ0n) is 11.1. The van der Waals surface area contributed by atoms with E-state index >= 15 is 0 Å². The van der Waals surface area contributed by atoms with E-state index in [1.807, 2.05) is 17.7 Å². The standard InChI is InChI=1S/C11H21N3O3S/c1-10-9-14(6-8-18(3,15)16)11(13-10)12-5-4-7-17-2/h9H,4-8H2,1-3H3,(H,12,13). The first kappa shape index (κ1) is 15.0. The van der Waals surface area contributed by atoms with Gasteiger partial charge in [-0.3, -0.25) is 0 Å². The molecule has 7 heteroatoms. The van der Waals surface area contributed by atoms with Crippen molar-refractivity contribution in [3.05, 3.63) is 11.9 Å². The molecular weight excluding hydrogens is 254 g/mol. The average Bonchev–Trinajstić information content (AvgIpc) is 2.62. The molecule has 0 atom stereocenters. The Morgan fingerprint density at radius 1 is 1.50 bits per heavy atom. The highest BCUT2D eigenvalue weighted by atomic mass is 32.2. The van der Waals surface area contributed by atoms with Crippen LogP contribution in [0.4, 0.5) is 5.95 Å². The van der Waals surface area contributed by atoms with Crippen molar-refractivity contribution in [2.24, 2.45) is 0 Å². The second kappa shape index (κ2) is 6.75. The lowest BCUT2D eigenvalue weighted by Gasteiger charge is -2.08. The Hall–Kier alpha value is -1.08. The van der Waals surface area contributed by atoms with E-state index in [4.69, 9.17) is 4.74 Å². The summed E-state index contributed by atoms with van der Waals surface area (Å²) in [7, 11) is -1.29. The van der Waals surface area contributed by atoms with Crippen LogP contribution in [0.15, 0.2) is 6.20 Å². The third-order valence-electron chi connectivity index (χ3n) is 2.41. The van der Waals surface area contributed by atoms with Crippen LogP contribution in [0, 0.1) is 6.92 Å². The first-order valence-corrected chi connectivity index (χ1v) is 7.93. The maximum absolute atomic E-state index is 11.2. The highest BCUT2D eigenvalue weighted by Crippen LogP contribution is 2.08. The van der Waals surface area contributed by atoms with Crippen LogP contribution in [0.2, 0.25) is 0 Å². The Balaban J connectivity index is 2.56. The van der Waals surface area contributed by atoms with Crippen LogP contribution in [-0.2, 0) is 21.1 Å². The van der Waals surface area contributed by atoms with Crippen LogP contribution in [0.3, 0.4) is 0 Å². The molecule has 1 aromatic heterocycles. The predicted molar refractivity (Wildman–Crippen MR) is 71.7 cm³/mol. The van der Waals surface area contributed by atoms with Gasteiger partial charge in [0.1, 0.15) is 9.84 Å². The number of aryl methyl sites for hydroxylation is 2. The van der Waals surface area contributed by atoms with Crippen LogP contribution < -0.4 is 5.32 Å². The van der Waals surface area contributed by atoms with Gasteiger partial charge in [0, 0.05) is 39.3 Å². The maximum atomic E-state index is 11.2. The summed E-state index contributed by atoms with van der Waals surface area (Å²) in [6.45, 7) is 3.75. The highest BCUT2D eigenvalue weighted by molar-refractivity contribution is 7.90. The molecule has 0 unspecified atom stereocenters. The quantitative estimate of drug-likeness (QED) is 0.706. The number of methoxy groups -OCH3 is 1. The first-order chi connectivity index (χ1) is 8.42. The summed E-state index contributed by atoms with van der Waals surface area (Å²) >= 11 is 0. The number of rotatable bonds is 8. The lowest BCUT2D eigenvalue weighted by Crippen LogP contribution is -2.14. The minimum absolute atomic E-state index is 0.121. The zero-order valence-corrected chi connectivity index (χ0v) is 12.0. The van der Waals surface area contributed by atoms with E-state index in [1.165, 1.54) is 6.26 Å². The van der Waals surface area contributed by atoms with Crippen LogP contribution in [-0.4, -0.2) is 50.2 Å². The second-order valence-electron chi connectivity index (χ2n) is 4.30. The normalized spacial score (nSPS) is 11.7. The summed E-state index contributed by atoms with van der Waals surface area (Å²) in [5, 5.41) is 3.18. The molecular formula is C11H21N3O3S. The molecule has 104 valence electrons. The van der Waals surface area contributed by atoms with Crippen molar-refractivity contribution in [3.8, 4) is 0 Å². The Morgan fingerprint density at radius 2 is 2.22 bits per heavy atom. The molecule has 0 saturated carbocycles. The third-order valence-corrected chi connectivity index (χ3v) is 3.33. The lowest BCUT2D eigenvalue weighted by atomic mass is 10.4. The highest BCUT2D eigenvalue weighted by Gasteiger charge is 2.08. The van der Waals surface area contributed by atoms with Crippen molar-refractivity contribution in [2.75, 3.05) is 37.6 Å². The molecule has 0 aliphatic heterocycles. The Labute approximate surface area is 108 Å². The number of nitrogens with zero attached hydrogens (tertiary/aromatic N) is 2. The third kappa shape index (κ3) is 5.50. The van der Waals surface area contributed by atoms with Gasteiger partial charge in [-0.25, -0.2) is 13.4 Å². The molecule has 0 aliphatic carbocycles. The fourth-order valence-corrected chi connectivity index (χ4v) is 2.07. The van der Waals surface area contributed by atoms with Crippen LogP contribution in [0.1, 0.15) is 12.1 Å². The van der Waals surface area contributed by atoms with E-state index in [2.05, 4.69) is 10.3 Å². The van der Waals surface area contributed by atoms with E-state index < -0.39 is 9.84 Å². The van der Waals surface area contributed by atoms with Crippen LogP contribution in [0.25, 0.3) is 0 Å². The van der Waals surface area contributed by atoms with Gasteiger partial charge < -0.3 is 14.6 Å². The molecule has 0 aromatic carbocycles. The fraction of sp³-hybridized carbons (Fsp3) is 0.727. The van der Waals surface area contributed by atoms with E-state index in [0.29, 0.717) is 19.1 Å². The smallest absolute Gasteiger partial charge is 0.203 e. The molecule has 0 bridgehead atoms. The fourth-order valence-electron chi connectivity index (χ4n) is 1.54. The maximum Gasteiger partial charge on any atom is 0.203 e. The number of nitrogens with one attached hydrogen (secondary N) is 1. The van der Waals surface area contributed by atoms with Gasteiger partial charge in [-0.2, -0.15) is 0 Å². The minimum Gasteiger partial charge on any atom is -0.385 e. The molecule has 1 N–H and O–H groups in total. The molecule has 1 heterocycles. The number of anilines is 1. The number of sulfone groups is 1. The number of hydrogen-bond donors (Lipinski definition) is 1. The summed E-state index contributed by atoms with van der Waals surface area (Å²) in [5.41, 5.74) is 0.873. The van der Waals surface area contributed by atoms with Crippen LogP contribution in [0.5, 0.6) is 0 Å². The van der Waals surface area contributed by atoms with Crippen molar-refractivity contribution >= 4 is 15.8 Å².